The number of carbonyl (C=O) groups excluding carboxylic acids is 2. The first-order valence-corrected chi connectivity index (χ1v) is 12.1. The molecule has 0 bridgehead atoms. The third kappa shape index (κ3) is 5.37. The lowest BCUT2D eigenvalue weighted by Crippen LogP contribution is -2.38. The van der Waals surface area contributed by atoms with Gasteiger partial charge in [0.1, 0.15) is 5.75 Å². The number of benzene rings is 3. The molecule has 0 aromatic heterocycles. The Bertz CT molecular complexity index is 1300. The summed E-state index contributed by atoms with van der Waals surface area (Å²) in [5.74, 6) is -0.476. The number of amides is 1. The third-order valence-corrected chi connectivity index (χ3v) is 6.91. The van der Waals surface area contributed by atoms with Gasteiger partial charge in [-0.2, -0.15) is 0 Å². The van der Waals surface area contributed by atoms with E-state index in [1.165, 1.54) is 36.9 Å². The van der Waals surface area contributed by atoms with Crippen molar-refractivity contribution in [3.8, 4) is 5.75 Å². The molecule has 4 rings (SSSR count). The standard InChI is InChI=1S/C25H24N2O6S/c1-32-22-11-9-21(10-12-22)26-34(30,31)23-8-4-7-19(15-23)25(29)33-17-24(28)27-14-13-18-5-2-3-6-20(18)16-27/h2-12,15,26H,13-14,16-17H2,1H3. The summed E-state index contributed by atoms with van der Waals surface area (Å²) in [6, 6.07) is 19.8. The Hall–Kier alpha value is -3.85. The minimum atomic E-state index is -3.94. The molecule has 34 heavy (non-hydrogen) atoms. The van der Waals surface area contributed by atoms with E-state index in [-0.39, 0.29) is 16.4 Å². The number of hydrogen-bond donors (Lipinski definition) is 1. The molecule has 8 nitrogen and oxygen atoms in total. The van der Waals surface area contributed by atoms with E-state index in [1.54, 1.807) is 29.2 Å². The number of ether oxygens (including phenoxy) is 2. The molecular formula is C25H24N2O6S. The summed E-state index contributed by atoms with van der Waals surface area (Å²) in [5, 5.41) is 0. The Labute approximate surface area is 198 Å². The van der Waals surface area contributed by atoms with Crippen LogP contribution in [0.25, 0.3) is 0 Å². The van der Waals surface area contributed by atoms with E-state index in [4.69, 9.17) is 9.47 Å². The van der Waals surface area contributed by atoms with E-state index in [1.807, 2.05) is 24.3 Å². The number of esters is 1. The van der Waals surface area contributed by atoms with Gasteiger partial charge in [0.25, 0.3) is 15.9 Å². The van der Waals surface area contributed by atoms with Crippen molar-refractivity contribution in [1.82, 2.24) is 4.90 Å². The SMILES string of the molecule is COc1ccc(NS(=O)(=O)c2cccc(C(=O)OCC(=O)N3CCc4ccccc4C3)c2)cc1. The van der Waals surface area contributed by atoms with Gasteiger partial charge in [0, 0.05) is 18.8 Å². The Balaban J connectivity index is 1.38. The summed E-state index contributed by atoms with van der Waals surface area (Å²) in [7, 11) is -2.42. The first-order chi connectivity index (χ1) is 16.4. The average molecular weight is 481 g/mol. The van der Waals surface area contributed by atoms with Crippen LogP contribution >= 0.6 is 0 Å². The zero-order valence-electron chi connectivity index (χ0n) is 18.6. The Morgan fingerprint density at radius 1 is 0.971 bits per heavy atom. The first kappa shape index (κ1) is 23.3. The van der Waals surface area contributed by atoms with Crippen LogP contribution in [0.4, 0.5) is 5.69 Å². The van der Waals surface area contributed by atoms with Gasteiger partial charge in [-0.05, 0) is 60.0 Å². The van der Waals surface area contributed by atoms with Crippen molar-refractivity contribution < 1.29 is 27.5 Å². The summed E-state index contributed by atoms with van der Waals surface area (Å²) in [5.41, 5.74) is 2.68. The monoisotopic (exact) mass is 480 g/mol. The van der Waals surface area contributed by atoms with Gasteiger partial charge in [-0.1, -0.05) is 30.3 Å². The molecule has 0 unspecified atom stereocenters. The van der Waals surface area contributed by atoms with Gasteiger partial charge in [-0.25, -0.2) is 13.2 Å². The highest BCUT2D eigenvalue weighted by atomic mass is 32.2. The van der Waals surface area contributed by atoms with Crippen molar-refractivity contribution in [3.05, 3.63) is 89.5 Å². The fourth-order valence-corrected chi connectivity index (χ4v) is 4.78. The van der Waals surface area contributed by atoms with Gasteiger partial charge in [-0.15, -0.1) is 0 Å². The van der Waals surface area contributed by atoms with E-state index in [2.05, 4.69) is 4.72 Å². The molecule has 0 atom stereocenters. The molecule has 0 saturated heterocycles. The van der Waals surface area contributed by atoms with Crippen molar-refractivity contribution >= 4 is 27.6 Å². The largest absolute Gasteiger partial charge is 0.497 e. The molecule has 0 spiro atoms. The van der Waals surface area contributed by atoms with Crippen molar-refractivity contribution in [2.24, 2.45) is 0 Å². The molecule has 3 aromatic rings. The number of anilines is 1. The summed E-state index contributed by atoms with van der Waals surface area (Å²) in [6.07, 6.45) is 0.747. The van der Waals surface area contributed by atoms with Crippen LogP contribution < -0.4 is 9.46 Å². The quantitative estimate of drug-likeness (QED) is 0.521. The van der Waals surface area contributed by atoms with E-state index in [0.29, 0.717) is 24.5 Å². The molecule has 1 amide bonds. The number of methoxy groups -OCH3 is 1. The second-order valence-electron chi connectivity index (χ2n) is 7.77. The highest BCUT2D eigenvalue weighted by Crippen LogP contribution is 2.21. The Morgan fingerprint density at radius 3 is 2.44 bits per heavy atom. The van der Waals surface area contributed by atoms with Crippen LogP contribution in [0.3, 0.4) is 0 Å². The number of carbonyl (C=O) groups is 2. The van der Waals surface area contributed by atoms with Crippen LogP contribution in [-0.4, -0.2) is 45.5 Å². The van der Waals surface area contributed by atoms with Crippen LogP contribution in [0.5, 0.6) is 5.75 Å². The van der Waals surface area contributed by atoms with Crippen LogP contribution in [0.1, 0.15) is 21.5 Å². The molecule has 1 N–H and O–H groups in total. The highest BCUT2D eigenvalue weighted by molar-refractivity contribution is 7.92. The van der Waals surface area contributed by atoms with Gasteiger partial charge in [0.05, 0.1) is 17.6 Å². The minimum absolute atomic E-state index is 0.0365. The first-order valence-electron chi connectivity index (χ1n) is 10.6. The van der Waals surface area contributed by atoms with Gasteiger partial charge >= 0.3 is 5.97 Å². The summed E-state index contributed by atoms with van der Waals surface area (Å²) in [6.45, 7) is 0.609. The lowest BCUT2D eigenvalue weighted by Gasteiger charge is -2.28. The minimum Gasteiger partial charge on any atom is -0.497 e. The average Bonchev–Trinajstić information content (AvgIpc) is 2.87. The van der Waals surface area contributed by atoms with E-state index >= 15 is 0 Å². The zero-order chi connectivity index (χ0) is 24.1. The summed E-state index contributed by atoms with van der Waals surface area (Å²) >= 11 is 0. The predicted octanol–water partition coefficient (Wildman–Crippen LogP) is 3.24. The van der Waals surface area contributed by atoms with Gasteiger partial charge in [-0.3, -0.25) is 9.52 Å². The van der Waals surface area contributed by atoms with Crippen molar-refractivity contribution in [3.63, 3.8) is 0 Å². The molecule has 1 aliphatic rings. The van der Waals surface area contributed by atoms with E-state index in [0.717, 1.165) is 12.0 Å². The van der Waals surface area contributed by atoms with Gasteiger partial charge in [0.2, 0.25) is 0 Å². The molecule has 9 heteroatoms. The van der Waals surface area contributed by atoms with Crippen molar-refractivity contribution in [1.29, 1.82) is 0 Å². The molecule has 176 valence electrons. The van der Waals surface area contributed by atoms with Crippen LogP contribution in [0, 0.1) is 0 Å². The second kappa shape index (κ2) is 9.96. The summed E-state index contributed by atoms with van der Waals surface area (Å²) < 4.78 is 38.2. The number of nitrogens with one attached hydrogen (secondary N) is 1. The Morgan fingerprint density at radius 2 is 1.71 bits per heavy atom. The molecule has 0 radical (unpaired) electrons. The van der Waals surface area contributed by atoms with Crippen molar-refractivity contribution in [2.75, 3.05) is 25.0 Å². The number of nitrogens with zero attached hydrogens (tertiary/aromatic N) is 1. The molecular weight excluding hydrogens is 456 g/mol. The summed E-state index contributed by atoms with van der Waals surface area (Å²) in [4.78, 5) is 26.6. The topological polar surface area (TPSA) is 102 Å². The van der Waals surface area contributed by atoms with Gasteiger partial charge < -0.3 is 14.4 Å². The van der Waals surface area contributed by atoms with Crippen LogP contribution in [0.15, 0.2) is 77.7 Å². The van der Waals surface area contributed by atoms with Gasteiger partial charge in [0.15, 0.2) is 6.61 Å². The Kier molecular flexibility index (Phi) is 6.83. The number of fused-ring (bicyclic) bond motifs is 1. The number of hydrogen-bond acceptors (Lipinski definition) is 6. The van der Waals surface area contributed by atoms with E-state index < -0.39 is 22.6 Å². The van der Waals surface area contributed by atoms with Crippen molar-refractivity contribution in [2.45, 2.75) is 17.9 Å². The maximum Gasteiger partial charge on any atom is 0.338 e. The number of rotatable bonds is 7. The molecule has 0 saturated carbocycles. The predicted molar refractivity (Wildman–Crippen MR) is 126 cm³/mol. The molecule has 1 heterocycles. The fourth-order valence-electron chi connectivity index (χ4n) is 3.67. The molecule has 3 aromatic carbocycles. The van der Waals surface area contributed by atoms with Crippen LogP contribution in [0.2, 0.25) is 0 Å². The number of sulfonamides is 1. The molecule has 0 fully saturated rings. The second-order valence-corrected chi connectivity index (χ2v) is 9.45. The molecule has 0 aliphatic carbocycles. The lowest BCUT2D eigenvalue weighted by molar-refractivity contribution is -0.135. The lowest BCUT2D eigenvalue weighted by atomic mass is 10.00. The maximum absolute atomic E-state index is 12.7. The maximum atomic E-state index is 12.7. The third-order valence-electron chi connectivity index (χ3n) is 5.53. The normalized spacial score (nSPS) is 13.0. The molecule has 1 aliphatic heterocycles. The van der Waals surface area contributed by atoms with Crippen LogP contribution in [-0.2, 0) is 32.5 Å². The fraction of sp³-hybridized carbons (Fsp3) is 0.200. The smallest absolute Gasteiger partial charge is 0.338 e. The zero-order valence-corrected chi connectivity index (χ0v) is 19.4. The van der Waals surface area contributed by atoms with E-state index in [9.17, 15) is 18.0 Å². The highest BCUT2D eigenvalue weighted by Gasteiger charge is 2.22.